The molecule has 16 heavy (non-hydrogen) atoms. The Balaban J connectivity index is 2.11. The number of rotatable bonds is 3. The molecular formula is C14H14OS. The second-order valence-corrected chi connectivity index (χ2v) is 4.74. The van der Waals surface area contributed by atoms with Crippen LogP contribution in [-0.4, -0.2) is 5.11 Å². The molecule has 0 aliphatic carbocycles. The number of benzene rings is 2. The minimum atomic E-state index is 0.311. The van der Waals surface area contributed by atoms with Crippen molar-refractivity contribution >= 4 is 11.8 Å². The first-order valence-corrected chi connectivity index (χ1v) is 6.15. The molecule has 0 aliphatic rings. The highest BCUT2D eigenvalue weighted by atomic mass is 32.2. The SMILES string of the molecule is CCc1ccc(Sc2ccc(O)cc2)cc1. The van der Waals surface area contributed by atoms with E-state index in [0.717, 1.165) is 11.3 Å². The van der Waals surface area contributed by atoms with Crippen molar-refractivity contribution in [1.82, 2.24) is 0 Å². The molecule has 2 aromatic carbocycles. The molecule has 0 heterocycles. The fourth-order valence-electron chi connectivity index (χ4n) is 1.44. The third-order valence-corrected chi connectivity index (χ3v) is 3.42. The Morgan fingerprint density at radius 2 is 1.38 bits per heavy atom. The predicted molar refractivity (Wildman–Crippen MR) is 68.0 cm³/mol. The summed E-state index contributed by atoms with van der Waals surface area (Å²) in [7, 11) is 0. The quantitative estimate of drug-likeness (QED) is 0.856. The summed E-state index contributed by atoms with van der Waals surface area (Å²) in [5.41, 5.74) is 1.36. The molecule has 0 saturated heterocycles. The lowest BCUT2D eigenvalue weighted by molar-refractivity contribution is 0.475. The maximum atomic E-state index is 9.18. The standard InChI is InChI=1S/C14H14OS/c1-2-11-3-7-13(8-4-11)16-14-9-5-12(15)6-10-14/h3-10,15H,2H2,1H3. The van der Waals surface area contributed by atoms with Crippen molar-refractivity contribution in [2.24, 2.45) is 0 Å². The summed E-state index contributed by atoms with van der Waals surface area (Å²) >= 11 is 1.70. The van der Waals surface area contributed by atoms with Crippen LogP contribution in [0, 0.1) is 0 Å². The van der Waals surface area contributed by atoms with Crippen LogP contribution >= 0.6 is 11.8 Å². The van der Waals surface area contributed by atoms with Crippen molar-refractivity contribution < 1.29 is 5.11 Å². The Kier molecular flexibility index (Phi) is 3.52. The van der Waals surface area contributed by atoms with Crippen LogP contribution in [0.4, 0.5) is 0 Å². The van der Waals surface area contributed by atoms with E-state index in [1.807, 2.05) is 12.1 Å². The van der Waals surface area contributed by atoms with Gasteiger partial charge in [0.05, 0.1) is 0 Å². The van der Waals surface area contributed by atoms with Gasteiger partial charge in [0.15, 0.2) is 0 Å². The normalized spacial score (nSPS) is 10.3. The van der Waals surface area contributed by atoms with Gasteiger partial charge in [0.2, 0.25) is 0 Å². The van der Waals surface area contributed by atoms with Crippen molar-refractivity contribution in [3.8, 4) is 5.75 Å². The summed E-state index contributed by atoms with van der Waals surface area (Å²) in [6, 6.07) is 15.9. The van der Waals surface area contributed by atoms with Crippen molar-refractivity contribution in [2.75, 3.05) is 0 Å². The first-order chi connectivity index (χ1) is 7.78. The summed E-state index contributed by atoms with van der Waals surface area (Å²) < 4.78 is 0. The second-order valence-electron chi connectivity index (χ2n) is 3.59. The molecule has 0 atom stereocenters. The van der Waals surface area contributed by atoms with Crippen molar-refractivity contribution in [2.45, 2.75) is 23.1 Å². The Morgan fingerprint density at radius 1 is 0.875 bits per heavy atom. The highest BCUT2D eigenvalue weighted by Gasteiger charge is 1.97. The molecule has 0 saturated carbocycles. The number of hydrogen-bond acceptors (Lipinski definition) is 2. The van der Waals surface area contributed by atoms with Crippen LogP contribution in [0.1, 0.15) is 12.5 Å². The summed E-state index contributed by atoms with van der Waals surface area (Å²) in [6.45, 7) is 2.15. The number of phenols is 1. The summed E-state index contributed by atoms with van der Waals surface area (Å²) in [5, 5.41) is 9.18. The fraction of sp³-hybridized carbons (Fsp3) is 0.143. The summed E-state index contributed by atoms with van der Waals surface area (Å²) in [5.74, 6) is 0.311. The Labute approximate surface area is 100 Å². The molecule has 0 bridgehead atoms. The van der Waals surface area contributed by atoms with E-state index in [9.17, 15) is 5.11 Å². The van der Waals surface area contributed by atoms with Gasteiger partial charge in [-0.3, -0.25) is 0 Å². The van der Waals surface area contributed by atoms with E-state index >= 15 is 0 Å². The van der Waals surface area contributed by atoms with Gasteiger partial charge in [-0.2, -0.15) is 0 Å². The molecule has 0 spiro atoms. The van der Waals surface area contributed by atoms with Gasteiger partial charge in [-0.15, -0.1) is 0 Å². The minimum Gasteiger partial charge on any atom is -0.508 e. The van der Waals surface area contributed by atoms with Gasteiger partial charge in [-0.05, 0) is 48.4 Å². The van der Waals surface area contributed by atoms with Gasteiger partial charge in [-0.25, -0.2) is 0 Å². The molecule has 0 fully saturated rings. The first kappa shape index (κ1) is 11.1. The summed E-state index contributed by atoms with van der Waals surface area (Å²) in [4.78, 5) is 2.37. The van der Waals surface area contributed by atoms with Gasteiger partial charge in [-0.1, -0.05) is 30.8 Å². The highest BCUT2D eigenvalue weighted by Crippen LogP contribution is 2.28. The Bertz CT molecular complexity index is 445. The van der Waals surface area contributed by atoms with Crippen LogP contribution in [0.15, 0.2) is 58.3 Å². The lowest BCUT2D eigenvalue weighted by atomic mass is 10.2. The maximum Gasteiger partial charge on any atom is 0.115 e. The van der Waals surface area contributed by atoms with Crippen LogP contribution in [0.25, 0.3) is 0 Å². The molecular weight excluding hydrogens is 216 g/mol. The molecule has 2 aromatic rings. The number of hydrogen-bond donors (Lipinski definition) is 1. The maximum absolute atomic E-state index is 9.18. The highest BCUT2D eigenvalue weighted by molar-refractivity contribution is 7.99. The van der Waals surface area contributed by atoms with Crippen LogP contribution in [0.3, 0.4) is 0 Å². The first-order valence-electron chi connectivity index (χ1n) is 5.34. The molecule has 0 unspecified atom stereocenters. The molecule has 0 radical (unpaired) electrons. The third-order valence-electron chi connectivity index (χ3n) is 2.40. The zero-order chi connectivity index (χ0) is 11.4. The average molecular weight is 230 g/mol. The predicted octanol–water partition coefficient (Wildman–Crippen LogP) is 4.11. The van der Waals surface area contributed by atoms with Crippen molar-refractivity contribution in [3.05, 3.63) is 54.1 Å². The lowest BCUT2D eigenvalue weighted by Crippen LogP contribution is -1.79. The molecule has 0 aromatic heterocycles. The summed E-state index contributed by atoms with van der Waals surface area (Å²) in [6.07, 6.45) is 1.07. The number of aromatic hydroxyl groups is 1. The van der Waals surface area contributed by atoms with E-state index in [1.54, 1.807) is 23.9 Å². The van der Waals surface area contributed by atoms with Crippen LogP contribution < -0.4 is 0 Å². The Morgan fingerprint density at radius 3 is 1.88 bits per heavy atom. The van der Waals surface area contributed by atoms with E-state index in [4.69, 9.17) is 0 Å². The monoisotopic (exact) mass is 230 g/mol. The van der Waals surface area contributed by atoms with E-state index < -0.39 is 0 Å². The lowest BCUT2D eigenvalue weighted by Gasteiger charge is -2.03. The van der Waals surface area contributed by atoms with E-state index in [0.29, 0.717) is 5.75 Å². The van der Waals surface area contributed by atoms with E-state index in [1.165, 1.54) is 10.5 Å². The fourth-order valence-corrected chi connectivity index (χ4v) is 2.26. The zero-order valence-electron chi connectivity index (χ0n) is 9.18. The van der Waals surface area contributed by atoms with Gasteiger partial charge >= 0.3 is 0 Å². The molecule has 2 rings (SSSR count). The number of phenolic OH excluding ortho intramolecular Hbond substituents is 1. The minimum absolute atomic E-state index is 0.311. The van der Waals surface area contributed by atoms with Gasteiger partial charge in [0.1, 0.15) is 5.75 Å². The topological polar surface area (TPSA) is 20.2 Å². The molecule has 0 aliphatic heterocycles. The van der Waals surface area contributed by atoms with E-state index in [-0.39, 0.29) is 0 Å². The van der Waals surface area contributed by atoms with Gasteiger partial charge in [0, 0.05) is 9.79 Å². The van der Waals surface area contributed by atoms with Crippen molar-refractivity contribution in [3.63, 3.8) is 0 Å². The van der Waals surface area contributed by atoms with Crippen molar-refractivity contribution in [1.29, 1.82) is 0 Å². The molecule has 2 heteroatoms. The zero-order valence-corrected chi connectivity index (χ0v) is 10.00. The third kappa shape index (κ3) is 2.80. The van der Waals surface area contributed by atoms with Gasteiger partial charge in [0.25, 0.3) is 0 Å². The molecule has 1 nitrogen and oxygen atoms in total. The second kappa shape index (κ2) is 5.08. The average Bonchev–Trinajstić information content (AvgIpc) is 2.33. The number of aryl methyl sites for hydroxylation is 1. The van der Waals surface area contributed by atoms with E-state index in [2.05, 4.69) is 31.2 Å². The molecule has 0 amide bonds. The molecule has 82 valence electrons. The van der Waals surface area contributed by atoms with Gasteiger partial charge < -0.3 is 5.11 Å². The molecule has 1 N–H and O–H groups in total. The largest absolute Gasteiger partial charge is 0.508 e. The van der Waals surface area contributed by atoms with Crippen LogP contribution in [0.5, 0.6) is 5.75 Å². The smallest absolute Gasteiger partial charge is 0.115 e. The Hall–Kier alpha value is -1.41. The van der Waals surface area contributed by atoms with Crippen LogP contribution in [0.2, 0.25) is 0 Å². The van der Waals surface area contributed by atoms with Crippen LogP contribution in [-0.2, 0) is 6.42 Å².